The number of anilines is 1. The Hall–Kier alpha value is -1.23. The van der Waals surface area contributed by atoms with Gasteiger partial charge in [-0.2, -0.15) is 0 Å². The fraction of sp³-hybridized carbons (Fsp3) is 0.500. The minimum absolute atomic E-state index is 0.146. The highest BCUT2D eigenvalue weighted by molar-refractivity contribution is 7.90. The van der Waals surface area contributed by atoms with Crippen molar-refractivity contribution in [3.63, 3.8) is 0 Å². The summed E-state index contributed by atoms with van der Waals surface area (Å²) in [7, 11) is -2.91. The molecule has 0 radical (unpaired) electrons. The molecule has 0 atom stereocenters. The first-order valence-corrected chi connectivity index (χ1v) is 7.53. The Kier molecular flexibility index (Phi) is 4.40. The lowest BCUT2D eigenvalue weighted by atomic mass is 10.1. The molecule has 17 heavy (non-hydrogen) atoms. The van der Waals surface area contributed by atoms with E-state index in [2.05, 4.69) is 0 Å². The van der Waals surface area contributed by atoms with Gasteiger partial charge in [0.05, 0.1) is 12.4 Å². The average molecular weight is 257 g/mol. The SMILES string of the molecule is Cc1cc(C)c(OCCCS(C)(=O)=O)cc1N. The van der Waals surface area contributed by atoms with Crippen LogP contribution in [-0.4, -0.2) is 27.0 Å². The highest BCUT2D eigenvalue weighted by Gasteiger charge is 2.05. The van der Waals surface area contributed by atoms with Crippen molar-refractivity contribution in [1.82, 2.24) is 0 Å². The van der Waals surface area contributed by atoms with Gasteiger partial charge in [0.2, 0.25) is 0 Å². The zero-order valence-electron chi connectivity index (χ0n) is 10.5. The van der Waals surface area contributed by atoms with Gasteiger partial charge in [0.15, 0.2) is 0 Å². The zero-order valence-corrected chi connectivity index (χ0v) is 11.3. The van der Waals surface area contributed by atoms with Crippen molar-refractivity contribution in [2.75, 3.05) is 24.3 Å². The lowest BCUT2D eigenvalue weighted by Gasteiger charge is -2.11. The summed E-state index contributed by atoms with van der Waals surface area (Å²) >= 11 is 0. The lowest BCUT2D eigenvalue weighted by Crippen LogP contribution is -2.08. The second-order valence-electron chi connectivity index (χ2n) is 4.31. The second-order valence-corrected chi connectivity index (χ2v) is 6.57. The van der Waals surface area contributed by atoms with Crippen molar-refractivity contribution >= 4 is 15.5 Å². The Morgan fingerprint density at radius 2 is 1.88 bits per heavy atom. The third kappa shape index (κ3) is 4.65. The van der Waals surface area contributed by atoms with Crippen LogP contribution in [0.5, 0.6) is 5.75 Å². The first-order chi connectivity index (χ1) is 7.79. The van der Waals surface area contributed by atoms with Crippen LogP contribution >= 0.6 is 0 Å². The number of aryl methyl sites for hydroxylation is 2. The first kappa shape index (κ1) is 13.8. The Balaban J connectivity index is 2.55. The van der Waals surface area contributed by atoms with Crippen LogP contribution < -0.4 is 10.5 Å². The fourth-order valence-corrected chi connectivity index (χ4v) is 2.15. The van der Waals surface area contributed by atoms with Crippen molar-refractivity contribution in [2.24, 2.45) is 0 Å². The third-order valence-electron chi connectivity index (χ3n) is 2.48. The molecule has 0 aliphatic carbocycles. The maximum absolute atomic E-state index is 10.9. The molecule has 5 heteroatoms. The molecule has 0 saturated carbocycles. The topological polar surface area (TPSA) is 69.4 Å². The van der Waals surface area contributed by atoms with E-state index in [-0.39, 0.29) is 5.75 Å². The summed E-state index contributed by atoms with van der Waals surface area (Å²) in [5.74, 6) is 0.870. The molecular weight excluding hydrogens is 238 g/mol. The monoisotopic (exact) mass is 257 g/mol. The molecule has 1 rings (SSSR count). The van der Waals surface area contributed by atoms with Gasteiger partial charge in [-0.25, -0.2) is 8.42 Å². The fourth-order valence-electron chi connectivity index (χ4n) is 1.51. The van der Waals surface area contributed by atoms with Gasteiger partial charge in [0.1, 0.15) is 15.6 Å². The summed E-state index contributed by atoms with van der Waals surface area (Å²) in [6, 6.07) is 3.74. The normalized spacial score (nSPS) is 11.5. The molecule has 1 aromatic carbocycles. The number of sulfone groups is 1. The highest BCUT2D eigenvalue weighted by atomic mass is 32.2. The van der Waals surface area contributed by atoms with E-state index in [0.29, 0.717) is 18.7 Å². The maximum atomic E-state index is 10.9. The Bertz CT molecular complexity index is 495. The van der Waals surface area contributed by atoms with Crippen LogP contribution in [0.25, 0.3) is 0 Å². The number of hydrogen-bond donors (Lipinski definition) is 1. The van der Waals surface area contributed by atoms with E-state index in [9.17, 15) is 8.42 Å². The summed E-state index contributed by atoms with van der Waals surface area (Å²) in [6.45, 7) is 4.27. The molecule has 0 aromatic heterocycles. The van der Waals surface area contributed by atoms with Gasteiger partial charge < -0.3 is 10.5 Å². The summed E-state index contributed by atoms with van der Waals surface area (Å²) in [5, 5.41) is 0. The van der Waals surface area contributed by atoms with E-state index in [1.165, 1.54) is 6.26 Å². The summed E-state index contributed by atoms with van der Waals surface area (Å²) in [6.07, 6.45) is 1.72. The smallest absolute Gasteiger partial charge is 0.147 e. The summed E-state index contributed by atoms with van der Waals surface area (Å²) < 4.78 is 27.4. The first-order valence-electron chi connectivity index (χ1n) is 5.47. The van der Waals surface area contributed by atoms with E-state index < -0.39 is 9.84 Å². The van der Waals surface area contributed by atoms with Gasteiger partial charge >= 0.3 is 0 Å². The van der Waals surface area contributed by atoms with Crippen molar-refractivity contribution in [2.45, 2.75) is 20.3 Å². The average Bonchev–Trinajstić information content (AvgIpc) is 2.18. The quantitative estimate of drug-likeness (QED) is 0.644. The van der Waals surface area contributed by atoms with Gasteiger partial charge in [-0.15, -0.1) is 0 Å². The Morgan fingerprint density at radius 3 is 2.47 bits per heavy atom. The molecule has 0 aliphatic rings. The molecule has 0 saturated heterocycles. The zero-order chi connectivity index (χ0) is 13.1. The predicted molar refractivity (Wildman–Crippen MR) is 70.2 cm³/mol. The van der Waals surface area contributed by atoms with Crippen molar-refractivity contribution in [3.05, 3.63) is 23.3 Å². The summed E-state index contributed by atoms with van der Waals surface area (Å²) in [4.78, 5) is 0. The molecule has 0 heterocycles. The van der Waals surface area contributed by atoms with Crippen LogP contribution in [0.1, 0.15) is 17.5 Å². The van der Waals surface area contributed by atoms with Crippen molar-refractivity contribution in [3.8, 4) is 5.75 Å². The molecule has 0 fully saturated rings. The van der Waals surface area contributed by atoms with E-state index in [4.69, 9.17) is 10.5 Å². The van der Waals surface area contributed by atoms with Crippen LogP contribution in [0.4, 0.5) is 5.69 Å². The van der Waals surface area contributed by atoms with Gasteiger partial charge in [0.25, 0.3) is 0 Å². The van der Waals surface area contributed by atoms with Crippen LogP contribution in [0.3, 0.4) is 0 Å². The van der Waals surface area contributed by atoms with Crippen molar-refractivity contribution < 1.29 is 13.2 Å². The van der Waals surface area contributed by atoms with Crippen LogP contribution in [0, 0.1) is 13.8 Å². The van der Waals surface area contributed by atoms with Crippen LogP contribution in [0.2, 0.25) is 0 Å². The Labute approximate surface area is 103 Å². The van der Waals surface area contributed by atoms with Gasteiger partial charge in [-0.3, -0.25) is 0 Å². The number of rotatable bonds is 5. The molecule has 4 nitrogen and oxygen atoms in total. The van der Waals surface area contributed by atoms with E-state index in [1.54, 1.807) is 6.07 Å². The molecule has 0 spiro atoms. The largest absolute Gasteiger partial charge is 0.493 e. The molecule has 2 N–H and O–H groups in total. The molecule has 0 aliphatic heterocycles. The Morgan fingerprint density at radius 1 is 1.24 bits per heavy atom. The van der Waals surface area contributed by atoms with Crippen molar-refractivity contribution in [1.29, 1.82) is 0 Å². The molecule has 96 valence electrons. The molecule has 0 amide bonds. The van der Waals surface area contributed by atoms with E-state index >= 15 is 0 Å². The summed E-state index contributed by atoms with van der Waals surface area (Å²) in [5.41, 5.74) is 8.51. The minimum atomic E-state index is -2.91. The minimum Gasteiger partial charge on any atom is -0.493 e. The van der Waals surface area contributed by atoms with Gasteiger partial charge in [0, 0.05) is 18.0 Å². The predicted octanol–water partition coefficient (Wildman–Crippen LogP) is 1.70. The third-order valence-corrected chi connectivity index (χ3v) is 3.51. The molecule has 0 unspecified atom stereocenters. The number of ether oxygens (including phenoxy) is 1. The lowest BCUT2D eigenvalue weighted by molar-refractivity contribution is 0.316. The van der Waals surface area contributed by atoms with Crippen LogP contribution in [-0.2, 0) is 9.84 Å². The molecular formula is C12H19NO3S. The van der Waals surface area contributed by atoms with E-state index in [1.807, 2.05) is 19.9 Å². The highest BCUT2D eigenvalue weighted by Crippen LogP contribution is 2.24. The molecule has 0 bridgehead atoms. The number of nitrogens with two attached hydrogens (primary N) is 1. The number of benzene rings is 1. The second kappa shape index (κ2) is 5.40. The maximum Gasteiger partial charge on any atom is 0.147 e. The number of nitrogen functional groups attached to an aromatic ring is 1. The van der Waals surface area contributed by atoms with Crippen LogP contribution in [0.15, 0.2) is 12.1 Å². The van der Waals surface area contributed by atoms with E-state index in [0.717, 1.165) is 16.9 Å². The van der Waals surface area contributed by atoms with Gasteiger partial charge in [-0.05, 0) is 31.4 Å². The van der Waals surface area contributed by atoms with Gasteiger partial charge in [-0.1, -0.05) is 6.07 Å². The number of hydrogen-bond acceptors (Lipinski definition) is 4. The standard InChI is InChI=1S/C12H19NO3S/c1-9-7-10(2)12(8-11(9)13)16-5-4-6-17(3,14)15/h7-8H,4-6,13H2,1-3H3. The molecule has 1 aromatic rings.